The molecule has 1 heterocycles. The van der Waals surface area contributed by atoms with Crippen LogP contribution in [0.2, 0.25) is 0 Å². The highest BCUT2D eigenvalue weighted by Gasteiger charge is 2.32. The highest BCUT2D eigenvalue weighted by Crippen LogP contribution is 2.39. The molecule has 1 saturated heterocycles. The number of hydrogen-bond acceptors (Lipinski definition) is 6. The Morgan fingerprint density at radius 1 is 0.944 bits per heavy atom. The highest BCUT2D eigenvalue weighted by atomic mass is 32.2. The first-order valence-corrected chi connectivity index (χ1v) is 13.3. The Morgan fingerprint density at radius 3 is 2.39 bits per heavy atom. The van der Waals surface area contributed by atoms with Crippen molar-refractivity contribution in [3.05, 3.63) is 95.1 Å². The lowest BCUT2D eigenvalue weighted by Gasteiger charge is -2.36. The maximum atomic E-state index is 11.2. The van der Waals surface area contributed by atoms with E-state index in [-0.39, 0.29) is 31.3 Å². The van der Waals surface area contributed by atoms with Gasteiger partial charge in [-0.05, 0) is 33.9 Å². The molecule has 0 aliphatic carbocycles. The van der Waals surface area contributed by atoms with Crippen LogP contribution in [0.3, 0.4) is 0 Å². The van der Waals surface area contributed by atoms with Gasteiger partial charge in [0.15, 0.2) is 6.29 Å². The van der Waals surface area contributed by atoms with Crippen molar-refractivity contribution in [2.75, 3.05) is 18.1 Å². The molecule has 3 aromatic rings. The Kier molecular flexibility index (Phi) is 9.55. The number of aliphatic hydroxyl groups is 2. The number of amides is 1. The first kappa shape index (κ1) is 26.4. The third-order valence-electron chi connectivity index (χ3n) is 6.14. The third-order valence-corrected chi connectivity index (χ3v) is 7.22. The number of thioether (sulfide) groups is 1. The van der Waals surface area contributed by atoms with Gasteiger partial charge in [0.2, 0.25) is 5.91 Å². The van der Waals surface area contributed by atoms with E-state index in [0.29, 0.717) is 12.3 Å². The summed E-state index contributed by atoms with van der Waals surface area (Å²) in [5, 5.41) is 21.4. The number of carbonyl (C=O) groups excluding carboxylic acids is 1. The second-order valence-electron chi connectivity index (χ2n) is 8.88. The third kappa shape index (κ3) is 7.18. The zero-order chi connectivity index (χ0) is 25.3. The first-order valence-electron chi connectivity index (χ1n) is 12.2. The zero-order valence-corrected chi connectivity index (χ0v) is 21.2. The number of carbonyl (C=O) groups is 1. The van der Waals surface area contributed by atoms with E-state index in [0.717, 1.165) is 45.6 Å². The fourth-order valence-corrected chi connectivity index (χ4v) is 5.00. The summed E-state index contributed by atoms with van der Waals surface area (Å²) < 4.78 is 12.7. The van der Waals surface area contributed by atoms with Crippen LogP contribution in [0.25, 0.3) is 11.1 Å². The lowest BCUT2D eigenvalue weighted by molar-refractivity contribution is -0.245. The zero-order valence-electron chi connectivity index (χ0n) is 20.4. The molecule has 3 N–H and O–H groups in total. The SMILES string of the molecule is CC(=O)NCc1cccc(-c2ccc(C3OC(CSCCO)CC(c4ccc(CO)cc4)O3)cc2)c1. The molecule has 0 aromatic heterocycles. The molecule has 7 heteroatoms. The van der Waals surface area contributed by atoms with Crippen molar-refractivity contribution >= 4 is 17.7 Å². The lowest BCUT2D eigenvalue weighted by atomic mass is 9.99. The molecule has 0 radical (unpaired) electrons. The molecule has 36 heavy (non-hydrogen) atoms. The maximum Gasteiger partial charge on any atom is 0.217 e. The van der Waals surface area contributed by atoms with Crippen LogP contribution in [0.1, 0.15) is 48.0 Å². The average Bonchev–Trinajstić information content (AvgIpc) is 2.92. The van der Waals surface area contributed by atoms with E-state index in [1.165, 1.54) is 6.92 Å². The number of aliphatic hydroxyl groups excluding tert-OH is 2. The maximum absolute atomic E-state index is 11.2. The predicted octanol–water partition coefficient (Wildman–Crippen LogP) is 4.75. The van der Waals surface area contributed by atoms with E-state index in [1.54, 1.807) is 11.8 Å². The van der Waals surface area contributed by atoms with E-state index < -0.39 is 6.29 Å². The number of benzene rings is 3. The van der Waals surface area contributed by atoms with Gasteiger partial charge in [-0.15, -0.1) is 0 Å². The Bertz CT molecular complexity index is 1120. The van der Waals surface area contributed by atoms with Crippen molar-refractivity contribution in [1.82, 2.24) is 5.32 Å². The Labute approximate surface area is 216 Å². The van der Waals surface area contributed by atoms with Crippen molar-refractivity contribution in [3.8, 4) is 11.1 Å². The Hall–Kier alpha value is -2.68. The Morgan fingerprint density at radius 2 is 1.69 bits per heavy atom. The van der Waals surface area contributed by atoms with Gasteiger partial charge in [-0.25, -0.2) is 0 Å². The van der Waals surface area contributed by atoms with E-state index in [2.05, 4.69) is 29.6 Å². The topological polar surface area (TPSA) is 88.0 Å². The molecule has 1 amide bonds. The minimum atomic E-state index is -0.499. The molecule has 0 bridgehead atoms. The monoisotopic (exact) mass is 507 g/mol. The minimum Gasteiger partial charge on any atom is -0.396 e. The normalized spacial score (nSPS) is 19.7. The van der Waals surface area contributed by atoms with Crippen molar-refractivity contribution in [3.63, 3.8) is 0 Å². The van der Waals surface area contributed by atoms with Crippen LogP contribution in [0, 0.1) is 0 Å². The number of rotatable bonds is 10. The summed E-state index contributed by atoms with van der Waals surface area (Å²) in [5.41, 5.74) is 6.07. The van der Waals surface area contributed by atoms with Gasteiger partial charge < -0.3 is 25.0 Å². The molecule has 3 unspecified atom stereocenters. The largest absolute Gasteiger partial charge is 0.396 e. The van der Waals surface area contributed by atoms with Crippen LogP contribution in [0.4, 0.5) is 0 Å². The molecule has 3 atom stereocenters. The Balaban J connectivity index is 1.50. The van der Waals surface area contributed by atoms with Gasteiger partial charge in [-0.1, -0.05) is 66.7 Å². The van der Waals surface area contributed by atoms with Gasteiger partial charge in [0.05, 0.1) is 25.4 Å². The predicted molar refractivity (Wildman–Crippen MR) is 142 cm³/mol. The number of nitrogens with one attached hydrogen (secondary N) is 1. The standard InChI is InChI=1S/C29H33NO5S/c1-20(33)30-17-22-3-2-4-26(15-22)23-9-11-25(12-10-23)29-34-27(19-36-14-13-31)16-28(35-29)24-7-5-21(18-32)6-8-24/h2-12,15,27-29,31-32H,13-14,16-19H2,1H3,(H,30,33). The van der Waals surface area contributed by atoms with Gasteiger partial charge in [0.25, 0.3) is 0 Å². The summed E-state index contributed by atoms with van der Waals surface area (Å²) in [6.45, 7) is 2.18. The molecule has 1 fully saturated rings. The van der Waals surface area contributed by atoms with Crippen molar-refractivity contribution < 1.29 is 24.5 Å². The summed E-state index contributed by atoms with van der Waals surface area (Å²) in [5.74, 6) is 1.41. The summed E-state index contributed by atoms with van der Waals surface area (Å²) in [6.07, 6.45) is 0.0995. The molecule has 1 aliphatic rings. The van der Waals surface area contributed by atoms with Gasteiger partial charge in [-0.3, -0.25) is 4.79 Å². The van der Waals surface area contributed by atoms with Crippen LogP contribution in [0.15, 0.2) is 72.8 Å². The van der Waals surface area contributed by atoms with E-state index >= 15 is 0 Å². The molecule has 6 nitrogen and oxygen atoms in total. The molecule has 3 aromatic carbocycles. The fourth-order valence-electron chi connectivity index (χ4n) is 4.22. The lowest BCUT2D eigenvalue weighted by Crippen LogP contribution is -2.31. The van der Waals surface area contributed by atoms with Gasteiger partial charge in [0.1, 0.15) is 0 Å². The summed E-state index contributed by atoms with van der Waals surface area (Å²) in [4.78, 5) is 11.2. The molecule has 0 saturated carbocycles. The van der Waals surface area contributed by atoms with E-state index in [4.69, 9.17) is 9.47 Å². The molecule has 1 aliphatic heterocycles. The molecular formula is C29H33NO5S. The number of ether oxygens (including phenoxy) is 2. The summed E-state index contributed by atoms with van der Waals surface area (Å²) in [6, 6.07) is 24.2. The highest BCUT2D eigenvalue weighted by molar-refractivity contribution is 7.99. The van der Waals surface area contributed by atoms with Gasteiger partial charge in [0, 0.05) is 37.0 Å². The van der Waals surface area contributed by atoms with Gasteiger partial charge >= 0.3 is 0 Å². The smallest absolute Gasteiger partial charge is 0.217 e. The van der Waals surface area contributed by atoms with Crippen molar-refractivity contribution in [1.29, 1.82) is 0 Å². The summed E-state index contributed by atoms with van der Waals surface area (Å²) >= 11 is 1.68. The molecular weight excluding hydrogens is 474 g/mol. The van der Waals surface area contributed by atoms with Crippen LogP contribution < -0.4 is 5.32 Å². The van der Waals surface area contributed by atoms with Crippen LogP contribution in [0.5, 0.6) is 0 Å². The second kappa shape index (κ2) is 13.0. The average molecular weight is 508 g/mol. The molecule has 190 valence electrons. The first-order chi connectivity index (χ1) is 17.6. The minimum absolute atomic E-state index is 0.00653. The van der Waals surface area contributed by atoms with Crippen molar-refractivity contribution in [2.45, 2.75) is 45.0 Å². The second-order valence-corrected chi connectivity index (χ2v) is 10.0. The number of hydrogen-bond donors (Lipinski definition) is 3. The molecule has 0 spiro atoms. The fraction of sp³-hybridized carbons (Fsp3) is 0.345. The van der Waals surface area contributed by atoms with Crippen LogP contribution >= 0.6 is 11.8 Å². The molecule has 4 rings (SSSR count). The van der Waals surface area contributed by atoms with E-state index in [1.807, 2.05) is 48.5 Å². The van der Waals surface area contributed by atoms with E-state index in [9.17, 15) is 15.0 Å². The van der Waals surface area contributed by atoms with Crippen LogP contribution in [-0.4, -0.2) is 40.3 Å². The van der Waals surface area contributed by atoms with Gasteiger partial charge in [-0.2, -0.15) is 11.8 Å². The van der Waals surface area contributed by atoms with Crippen LogP contribution in [-0.2, 0) is 27.4 Å². The quantitative estimate of drug-likeness (QED) is 0.343. The van der Waals surface area contributed by atoms with Crippen molar-refractivity contribution in [2.24, 2.45) is 0 Å². The summed E-state index contributed by atoms with van der Waals surface area (Å²) in [7, 11) is 0.